The van der Waals surface area contributed by atoms with Crippen molar-refractivity contribution in [3.8, 4) is 0 Å². The summed E-state index contributed by atoms with van der Waals surface area (Å²) in [5.41, 5.74) is 11.3. The van der Waals surface area contributed by atoms with Crippen molar-refractivity contribution in [3.63, 3.8) is 0 Å². The smallest absolute Gasteiger partial charge is 0.0349 e. The first kappa shape index (κ1) is 14.2. The molecule has 0 fully saturated rings. The van der Waals surface area contributed by atoms with Gasteiger partial charge in [-0.3, -0.25) is 4.90 Å². The average molecular weight is 280 g/mol. The number of hydrogen-bond donors (Lipinski definition) is 1. The predicted molar refractivity (Wildman–Crippen MR) is 89.2 cm³/mol. The van der Waals surface area contributed by atoms with Crippen LogP contribution in [0.3, 0.4) is 0 Å². The summed E-state index contributed by atoms with van der Waals surface area (Å²) in [5.74, 6) is 0. The molecule has 0 radical (unpaired) electrons. The molecule has 0 amide bonds. The monoisotopic (exact) mass is 280 g/mol. The van der Waals surface area contributed by atoms with E-state index in [2.05, 4.69) is 54.3 Å². The molecule has 2 nitrogen and oxygen atoms in total. The van der Waals surface area contributed by atoms with Crippen molar-refractivity contribution >= 4 is 5.69 Å². The van der Waals surface area contributed by atoms with Crippen LogP contribution in [-0.2, 0) is 19.4 Å². The molecule has 2 aromatic carbocycles. The van der Waals surface area contributed by atoms with Crippen LogP contribution >= 0.6 is 0 Å². The number of nitrogen functional groups attached to an aromatic ring is 1. The Morgan fingerprint density at radius 1 is 1.10 bits per heavy atom. The third-order valence-electron chi connectivity index (χ3n) is 4.64. The zero-order valence-electron chi connectivity index (χ0n) is 12.8. The Morgan fingerprint density at radius 3 is 2.67 bits per heavy atom. The van der Waals surface area contributed by atoms with Gasteiger partial charge < -0.3 is 5.73 Å². The number of hydrogen-bond acceptors (Lipinski definition) is 2. The SMILES string of the molecule is CCN(Cc1ccccc1)C1CCc2c(N)cccc2C1. The van der Waals surface area contributed by atoms with E-state index in [1.807, 2.05) is 6.07 Å². The number of rotatable bonds is 4. The Balaban J connectivity index is 1.74. The fourth-order valence-electron chi connectivity index (χ4n) is 3.45. The number of benzene rings is 2. The minimum Gasteiger partial charge on any atom is -0.398 e. The van der Waals surface area contributed by atoms with Gasteiger partial charge in [0.15, 0.2) is 0 Å². The molecule has 0 aliphatic heterocycles. The lowest BCUT2D eigenvalue weighted by molar-refractivity contribution is 0.180. The summed E-state index contributed by atoms with van der Waals surface area (Å²) >= 11 is 0. The van der Waals surface area contributed by atoms with E-state index in [-0.39, 0.29) is 0 Å². The van der Waals surface area contributed by atoms with E-state index in [4.69, 9.17) is 5.73 Å². The highest BCUT2D eigenvalue weighted by Gasteiger charge is 2.24. The summed E-state index contributed by atoms with van der Waals surface area (Å²) in [7, 11) is 0. The second kappa shape index (κ2) is 6.31. The van der Waals surface area contributed by atoms with E-state index in [9.17, 15) is 0 Å². The molecule has 21 heavy (non-hydrogen) atoms. The number of nitrogens with two attached hydrogens (primary N) is 1. The van der Waals surface area contributed by atoms with Crippen molar-refractivity contribution in [3.05, 3.63) is 65.2 Å². The fraction of sp³-hybridized carbons (Fsp3) is 0.368. The van der Waals surface area contributed by atoms with Crippen molar-refractivity contribution in [2.24, 2.45) is 0 Å². The third-order valence-corrected chi connectivity index (χ3v) is 4.64. The summed E-state index contributed by atoms with van der Waals surface area (Å²) in [6.07, 6.45) is 3.45. The summed E-state index contributed by atoms with van der Waals surface area (Å²) in [4.78, 5) is 2.60. The number of likely N-dealkylation sites (N-methyl/N-ethyl adjacent to an activating group) is 1. The molecule has 0 bridgehead atoms. The number of fused-ring (bicyclic) bond motifs is 1. The largest absolute Gasteiger partial charge is 0.398 e. The van der Waals surface area contributed by atoms with Gasteiger partial charge in [0.2, 0.25) is 0 Å². The molecule has 2 N–H and O–H groups in total. The van der Waals surface area contributed by atoms with Crippen LogP contribution < -0.4 is 5.73 Å². The highest BCUT2D eigenvalue weighted by molar-refractivity contribution is 5.52. The average Bonchev–Trinajstić information content (AvgIpc) is 2.53. The lowest BCUT2D eigenvalue weighted by atomic mass is 9.86. The molecule has 2 heteroatoms. The van der Waals surface area contributed by atoms with Crippen LogP contribution in [-0.4, -0.2) is 17.5 Å². The van der Waals surface area contributed by atoms with Crippen LogP contribution in [0, 0.1) is 0 Å². The van der Waals surface area contributed by atoms with E-state index in [0.717, 1.165) is 31.6 Å². The van der Waals surface area contributed by atoms with Gasteiger partial charge in [-0.15, -0.1) is 0 Å². The van der Waals surface area contributed by atoms with Crippen LogP contribution in [0.5, 0.6) is 0 Å². The molecule has 1 aliphatic carbocycles. The second-order valence-corrected chi connectivity index (χ2v) is 5.93. The van der Waals surface area contributed by atoms with E-state index in [1.165, 1.54) is 23.1 Å². The van der Waals surface area contributed by atoms with Gasteiger partial charge in [0.1, 0.15) is 0 Å². The molecular weight excluding hydrogens is 256 g/mol. The van der Waals surface area contributed by atoms with E-state index in [1.54, 1.807) is 0 Å². The third kappa shape index (κ3) is 3.11. The lowest BCUT2D eigenvalue weighted by Crippen LogP contribution is -2.38. The first-order valence-corrected chi connectivity index (χ1v) is 7.92. The molecule has 0 saturated heterocycles. The second-order valence-electron chi connectivity index (χ2n) is 5.93. The maximum Gasteiger partial charge on any atom is 0.0349 e. The Bertz CT molecular complexity index is 592. The molecule has 1 atom stereocenters. The zero-order chi connectivity index (χ0) is 14.7. The van der Waals surface area contributed by atoms with Crippen LogP contribution in [0.15, 0.2) is 48.5 Å². The molecule has 3 rings (SSSR count). The van der Waals surface area contributed by atoms with Crippen molar-refractivity contribution in [2.45, 2.75) is 38.8 Å². The summed E-state index contributed by atoms with van der Waals surface area (Å²) < 4.78 is 0. The summed E-state index contributed by atoms with van der Waals surface area (Å²) in [6.45, 7) is 4.40. The van der Waals surface area contributed by atoms with Crippen LogP contribution in [0.25, 0.3) is 0 Å². The molecule has 0 spiro atoms. The topological polar surface area (TPSA) is 29.3 Å². The number of nitrogens with zero attached hydrogens (tertiary/aromatic N) is 1. The normalized spacial score (nSPS) is 17.7. The van der Waals surface area contributed by atoms with Gasteiger partial charge in [0, 0.05) is 18.3 Å². The first-order valence-electron chi connectivity index (χ1n) is 7.92. The standard InChI is InChI=1S/C19H24N2/c1-2-21(14-15-7-4-3-5-8-15)17-11-12-18-16(13-17)9-6-10-19(18)20/h3-10,17H,2,11-14,20H2,1H3. The molecular formula is C19H24N2. The van der Waals surface area contributed by atoms with Gasteiger partial charge in [-0.1, -0.05) is 49.4 Å². The molecule has 0 aromatic heterocycles. The Kier molecular flexibility index (Phi) is 4.26. The minimum atomic E-state index is 0.629. The molecule has 0 heterocycles. The first-order chi connectivity index (χ1) is 10.3. The van der Waals surface area contributed by atoms with Crippen LogP contribution in [0.4, 0.5) is 5.69 Å². The van der Waals surface area contributed by atoms with Crippen LogP contribution in [0.2, 0.25) is 0 Å². The van der Waals surface area contributed by atoms with E-state index < -0.39 is 0 Å². The van der Waals surface area contributed by atoms with Crippen molar-refractivity contribution in [2.75, 3.05) is 12.3 Å². The molecule has 2 aromatic rings. The van der Waals surface area contributed by atoms with Gasteiger partial charge in [0.25, 0.3) is 0 Å². The molecule has 110 valence electrons. The Hall–Kier alpha value is -1.80. The van der Waals surface area contributed by atoms with Gasteiger partial charge in [-0.25, -0.2) is 0 Å². The quantitative estimate of drug-likeness (QED) is 0.866. The van der Waals surface area contributed by atoms with Crippen molar-refractivity contribution in [1.82, 2.24) is 4.90 Å². The van der Waals surface area contributed by atoms with Gasteiger partial charge in [-0.2, -0.15) is 0 Å². The lowest BCUT2D eigenvalue weighted by Gasteiger charge is -2.35. The Labute approximate surface area is 127 Å². The zero-order valence-corrected chi connectivity index (χ0v) is 12.8. The fourth-order valence-corrected chi connectivity index (χ4v) is 3.45. The van der Waals surface area contributed by atoms with Gasteiger partial charge >= 0.3 is 0 Å². The maximum atomic E-state index is 6.11. The molecule has 1 aliphatic rings. The van der Waals surface area contributed by atoms with Gasteiger partial charge in [-0.05, 0) is 48.6 Å². The van der Waals surface area contributed by atoms with E-state index >= 15 is 0 Å². The molecule has 1 unspecified atom stereocenters. The van der Waals surface area contributed by atoms with Crippen molar-refractivity contribution in [1.29, 1.82) is 0 Å². The predicted octanol–water partition coefficient (Wildman–Crippen LogP) is 3.65. The minimum absolute atomic E-state index is 0.629. The van der Waals surface area contributed by atoms with E-state index in [0.29, 0.717) is 6.04 Å². The Morgan fingerprint density at radius 2 is 1.90 bits per heavy atom. The number of anilines is 1. The highest BCUT2D eigenvalue weighted by atomic mass is 15.1. The summed E-state index contributed by atoms with van der Waals surface area (Å²) in [6, 6.07) is 17.8. The summed E-state index contributed by atoms with van der Waals surface area (Å²) in [5, 5.41) is 0. The maximum absolute atomic E-state index is 6.11. The van der Waals surface area contributed by atoms with Crippen LogP contribution in [0.1, 0.15) is 30.0 Å². The van der Waals surface area contributed by atoms with Crippen molar-refractivity contribution < 1.29 is 0 Å². The van der Waals surface area contributed by atoms with Gasteiger partial charge in [0.05, 0.1) is 0 Å². The highest BCUT2D eigenvalue weighted by Crippen LogP contribution is 2.29. The molecule has 0 saturated carbocycles.